The molecule has 0 fully saturated rings. The summed E-state index contributed by atoms with van der Waals surface area (Å²) in [5, 5.41) is 13.4. The van der Waals surface area contributed by atoms with Gasteiger partial charge in [0.25, 0.3) is 0 Å². The molecule has 156 valence electrons. The summed E-state index contributed by atoms with van der Waals surface area (Å²) in [4.78, 5) is 26.3. The Labute approximate surface area is 196 Å². The van der Waals surface area contributed by atoms with Crippen molar-refractivity contribution in [3.8, 4) is 0 Å². The van der Waals surface area contributed by atoms with E-state index < -0.39 is 26.5 Å². The first-order chi connectivity index (χ1) is 14.9. The van der Waals surface area contributed by atoms with Crippen LogP contribution in [0.1, 0.15) is 27.8 Å². The fraction of sp³-hybridized carbons (Fsp3) is 0.200. The molecule has 0 saturated heterocycles. The number of carboxylic acids is 1. The molecule has 2 bridgehead atoms. The van der Waals surface area contributed by atoms with Crippen LogP contribution >= 0.6 is 31.9 Å². The first-order valence-electron chi connectivity index (χ1n) is 10.0. The summed E-state index contributed by atoms with van der Waals surface area (Å²) >= 11 is 7.76. The van der Waals surface area contributed by atoms with E-state index >= 15 is 0 Å². The number of alkyl halides is 2. The van der Waals surface area contributed by atoms with Crippen molar-refractivity contribution >= 4 is 43.7 Å². The zero-order chi connectivity index (χ0) is 21.8. The number of hydrogen-bond acceptors (Lipinski definition) is 2. The number of hydrogen-bond donors (Lipinski definition) is 2. The van der Waals surface area contributed by atoms with Crippen LogP contribution in [-0.2, 0) is 24.8 Å². The summed E-state index contributed by atoms with van der Waals surface area (Å²) in [6, 6.07) is 25.1. The van der Waals surface area contributed by atoms with Gasteiger partial charge in [0.1, 0.15) is 0 Å². The molecule has 6 heteroatoms. The number of aliphatic carboxylic acids is 1. The molecule has 4 nitrogen and oxygen atoms in total. The van der Waals surface area contributed by atoms with E-state index in [9.17, 15) is 14.7 Å². The van der Waals surface area contributed by atoms with Crippen LogP contribution in [0, 0.1) is 11.8 Å². The van der Waals surface area contributed by atoms with E-state index in [0.29, 0.717) is 6.54 Å². The van der Waals surface area contributed by atoms with Crippen LogP contribution in [0.3, 0.4) is 0 Å². The number of carbonyl (C=O) groups excluding carboxylic acids is 1. The minimum Gasteiger partial charge on any atom is -0.481 e. The maximum absolute atomic E-state index is 13.6. The van der Waals surface area contributed by atoms with Crippen molar-refractivity contribution in [3.05, 3.63) is 107 Å². The van der Waals surface area contributed by atoms with Gasteiger partial charge >= 0.3 is 5.97 Å². The molecule has 1 amide bonds. The average molecular weight is 541 g/mol. The number of carboxylic acid groups (broad SMARTS) is 1. The lowest BCUT2D eigenvalue weighted by Crippen LogP contribution is -2.61. The van der Waals surface area contributed by atoms with Gasteiger partial charge in [0.2, 0.25) is 5.91 Å². The monoisotopic (exact) mass is 539 g/mol. The zero-order valence-corrected chi connectivity index (χ0v) is 19.6. The molecule has 0 unspecified atom stereocenters. The van der Waals surface area contributed by atoms with Gasteiger partial charge in [-0.05, 0) is 27.8 Å². The first-order valence-corrected chi connectivity index (χ1v) is 11.6. The lowest BCUT2D eigenvalue weighted by atomic mass is 9.53. The first kappa shape index (κ1) is 20.5. The Morgan fingerprint density at radius 1 is 0.742 bits per heavy atom. The number of halogens is 2. The van der Waals surface area contributed by atoms with Gasteiger partial charge in [-0.2, -0.15) is 0 Å². The van der Waals surface area contributed by atoms with E-state index in [4.69, 9.17) is 0 Å². The fourth-order valence-corrected chi connectivity index (χ4v) is 7.51. The van der Waals surface area contributed by atoms with Crippen molar-refractivity contribution in [2.75, 3.05) is 0 Å². The van der Waals surface area contributed by atoms with E-state index in [-0.39, 0.29) is 5.91 Å². The van der Waals surface area contributed by atoms with Crippen LogP contribution in [-0.4, -0.2) is 17.0 Å². The number of amides is 1. The lowest BCUT2D eigenvalue weighted by Gasteiger charge is -2.57. The average Bonchev–Trinajstić information content (AvgIpc) is 2.79. The van der Waals surface area contributed by atoms with Crippen molar-refractivity contribution in [1.29, 1.82) is 0 Å². The second kappa shape index (κ2) is 7.31. The molecule has 31 heavy (non-hydrogen) atoms. The number of rotatable bonds is 4. The molecule has 0 radical (unpaired) electrons. The summed E-state index contributed by atoms with van der Waals surface area (Å²) in [6.45, 7) is 0.337. The van der Waals surface area contributed by atoms with Crippen LogP contribution in [0.5, 0.6) is 0 Å². The van der Waals surface area contributed by atoms with Gasteiger partial charge in [0.15, 0.2) is 0 Å². The van der Waals surface area contributed by atoms with E-state index in [1.165, 1.54) is 0 Å². The van der Waals surface area contributed by atoms with E-state index in [1.54, 1.807) is 0 Å². The van der Waals surface area contributed by atoms with Crippen molar-refractivity contribution in [2.24, 2.45) is 11.8 Å². The zero-order valence-electron chi connectivity index (χ0n) is 16.4. The lowest BCUT2D eigenvalue weighted by molar-refractivity contribution is -0.150. The van der Waals surface area contributed by atoms with E-state index in [2.05, 4.69) is 37.2 Å². The Kier molecular flexibility index (Phi) is 4.83. The van der Waals surface area contributed by atoms with Crippen LogP contribution in [0.2, 0.25) is 0 Å². The van der Waals surface area contributed by atoms with Gasteiger partial charge in [0, 0.05) is 6.54 Å². The molecule has 0 saturated carbocycles. The number of fused-ring (bicyclic) bond motifs is 1. The van der Waals surface area contributed by atoms with Gasteiger partial charge in [0.05, 0.1) is 20.5 Å². The summed E-state index contributed by atoms with van der Waals surface area (Å²) in [7, 11) is 0. The van der Waals surface area contributed by atoms with E-state index in [1.807, 2.05) is 78.9 Å². The Hall–Kier alpha value is -2.44. The normalized spacial score (nSPS) is 27.8. The van der Waals surface area contributed by atoms with Crippen LogP contribution < -0.4 is 5.32 Å². The Morgan fingerprint density at radius 2 is 1.16 bits per heavy atom. The third-order valence-corrected chi connectivity index (χ3v) is 9.17. The largest absolute Gasteiger partial charge is 0.481 e. The number of benzene rings is 3. The minimum atomic E-state index is -1.01. The molecule has 3 aromatic rings. The third-order valence-electron chi connectivity index (χ3n) is 6.47. The molecule has 2 atom stereocenters. The molecule has 0 spiro atoms. The highest BCUT2D eigenvalue weighted by atomic mass is 79.9. The third kappa shape index (κ3) is 2.77. The molecule has 0 heterocycles. The standard InChI is InChI=1S/C25H19Br2NO3/c26-24-16-10-4-6-12-18(16)25(27,19-13-7-5-11-17(19)24)21(23(30)31)20(24)22(29)28-14-15-8-2-1-3-9-15/h1-13,20-21H,14H2,(H,28,29)(H,30,31)/t20-,21-,24?,25?/m0/s1. The fourth-order valence-electron chi connectivity index (χ4n) is 5.19. The molecule has 3 aliphatic rings. The second-order valence-corrected chi connectivity index (χ2v) is 10.5. The highest BCUT2D eigenvalue weighted by molar-refractivity contribution is 9.10. The smallest absolute Gasteiger partial charge is 0.309 e. The van der Waals surface area contributed by atoms with Crippen molar-refractivity contribution in [1.82, 2.24) is 5.32 Å². The number of nitrogens with one attached hydrogen (secondary N) is 1. The number of carbonyl (C=O) groups is 2. The summed E-state index contributed by atoms with van der Waals surface area (Å²) < 4.78 is -1.95. The van der Waals surface area contributed by atoms with Gasteiger partial charge in [-0.25, -0.2) is 0 Å². The highest BCUT2D eigenvalue weighted by Crippen LogP contribution is 2.68. The minimum absolute atomic E-state index is 0.291. The molecular formula is C25H19Br2NO3. The molecule has 2 N–H and O–H groups in total. The Balaban J connectivity index is 1.69. The molecule has 3 aliphatic carbocycles. The van der Waals surface area contributed by atoms with Gasteiger partial charge in [-0.3, -0.25) is 9.59 Å². The van der Waals surface area contributed by atoms with Gasteiger partial charge in [-0.15, -0.1) is 0 Å². The maximum Gasteiger partial charge on any atom is 0.309 e. The van der Waals surface area contributed by atoms with Crippen molar-refractivity contribution < 1.29 is 14.7 Å². The van der Waals surface area contributed by atoms with Gasteiger partial charge in [-0.1, -0.05) is 111 Å². The molecular weight excluding hydrogens is 522 g/mol. The highest BCUT2D eigenvalue weighted by Gasteiger charge is 2.68. The quantitative estimate of drug-likeness (QED) is 0.461. The predicted octanol–water partition coefficient (Wildman–Crippen LogP) is 4.92. The van der Waals surface area contributed by atoms with Crippen molar-refractivity contribution in [3.63, 3.8) is 0 Å². The van der Waals surface area contributed by atoms with Gasteiger partial charge < -0.3 is 10.4 Å². The maximum atomic E-state index is 13.6. The predicted molar refractivity (Wildman–Crippen MR) is 125 cm³/mol. The molecule has 6 rings (SSSR count). The molecule has 0 aromatic heterocycles. The summed E-state index contributed by atoms with van der Waals surface area (Å²) in [6.07, 6.45) is 0. The van der Waals surface area contributed by atoms with Crippen LogP contribution in [0.25, 0.3) is 0 Å². The molecule has 3 aromatic carbocycles. The molecule has 0 aliphatic heterocycles. The summed E-state index contributed by atoms with van der Waals surface area (Å²) in [5.41, 5.74) is 4.56. The Morgan fingerprint density at radius 3 is 1.61 bits per heavy atom. The second-order valence-electron chi connectivity index (χ2n) is 8.01. The van der Waals surface area contributed by atoms with E-state index in [0.717, 1.165) is 27.8 Å². The Bertz CT molecular complexity index is 1150. The van der Waals surface area contributed by atoms with Crippen LogP contribution in [0.4, 0.5) is 0 Å². The topological polar surface area (TPSA) is 66.4 Å². The SMILES string of the molecule is O=C(O)[C@@H]1[C@@H](C(=O)NCc2ccccc2)C2(Br)c3ccccc3C1(Br)c1ccccc12. The van der Waals surface area contributed by atoms with Crippen molar-refractivity contribution in [2.45, 2.75) is 15.2 Å². The summed E-state index contributed by atoms with van der Waals surface area (Å²) in [5.74, 6) is -3.14. The van der Waals surface area contributed by atoms with Crippen LogP contribution in [0.15, 0.2) is 78.9 Å².